The molecular weight excluding hydrogens is 604 g/mol. The predicted octanol–water partition coefficient (Wildman–Crippen LogP) is 5.70. The summed E-state index contributed by atoms with van der Waals surface area (Å²) in [5.41, 5.74) is 2.62. The first-order valence-corrected chi connectivity index (χ1v) is 11.9. The molecule has 12 nitrogen and oxygen atoms in total. The van der Waals surface area contributed by atoms with Crippen LogP contribution in [0.2, 0.25) is 0 Å². The van der Waals surface area contributed by atoms with E-state index in [9.17, 15) is 0 Å². The van der Waals surface area contributed by atoms with Crippen LogP contribution in [0.5, 0.6) is 0 Å². The van der Waals surface area contributed by atoms with Gasteiger partial charge in [0.05, 0.1) is 0 Å². The molecule has 0 fully saturated rings. The summed E-state index contributed by atoms with van der Waals surface area (Å²) in [4.78, 5) is 16.6. The van der Waals surface area contributed by atoms with Crippen molar-refractivity contribution in [3.8, 4) is 46.3 Å². The average Bonchev–Trinajstić information content (AvgIpc) is 3.72. The second-order valence-electron chi connectivity index (χ2n) is 6.87. The topological polar surface area (TPSA) is 174 Å². The van der Waals surface area contributed by atoms with Crippen molar-refractivity contribution in [3.63, 3.8) is 0 Å². The molecular formula is C26H16FeN10O2S2. The van der Waals surface area contributed by atoms with Gasteiger partial charge in [-0.1, -0.05) is 48.7 Å². The van der Waals surface area contributed by atoms with Crippen molar-refractivity contribution >= 4 is 34.8 Å². The van der Waals surface area contributed by atoms with Gasteiger partial charge >= 0.3 is 17.1 Å². The molecule has 0 aliphatic heterocycles. The van der Waals surface area contributed by atoms with Gasteiger partial charge in [-0.15, -0.1) is 20.4 Å². The zero-order valence-corrected chi connectivity index (χ0v) is 23.4. The van der Waals surface area contributed by atoms with Crippen LogP contribution in [0, 0.1) is 0 Å². The van der Waals surface area contributed by atoms with Crippen molar-refractivity contribution in [1.29, 1.82) is 0 Å². The first-order valence-electron chi connectivity index (χ1n) is 11.0. The first-order chi connectivity index (χ1) is 19.7. The van der Waals surface area contributed by atoms with Gasteiger partial charge in [0.25, 0.3) is 23.6 Å². The molecule has 0 bridgehead atoms. The van der Waals surface area contributed by atoms with Crippen LogP contribution in [0.1, 0.15) is 0 Å². The maximum atomic E-state index is 7.13. The first kappa shape index (κ1) is 32.2. The summed E-state index contributed by atoms with van der Waals surface area (Å²) in [6, 6.07) is 22.1. The van der Waals surface area contributed by atoms with Gasteiger partial charge in [0.1, 0.15) is 22.8 Å². The number of aromatic nitrogens is 8. The molecule has 41 heavy (non-hydrogen) atoms. The minimum absolute atomic E-state index is 0. The molecule has 202 valence electrons. The Kier molecular flexibility index (Phi) is 14.4. The zero-order chi connectivity index (χ0) is 28.4. The summed E-state index contributed by atoms with van der Waals surface area (Å²) in [5, 5.41) is 32.7. The normalized spacial score (nSPS) is 8.98. The predicted molar refractivity (Wildman–Crippen MR) is 153 cm³/mol. The van der Waals surface area contributed by atoms with Crippen LogP contribution >= 0.6 is 24.4 Å². The Morgan fingerprint density at radius 3 is 0.854 bits per heavy atom. The summed E-state index contributed by atoms with van der Waals surface area (Å²) in [6.07, 6.45) is 6.72. The van der Waals surface area contributed by atoms with Crippen molar-refractivity contribution < 1.29 is 25.9 Å². The van der Waals surface area contributed by atoms with Gasteiger partial charge in [-0.25, -0.2) is 0 Å². The fourth-order valence-corrected chi connectivity index (χ4v) is 2.82. The Morgan fingerprint density at radius 1 is 0.463 bits per heavy atom. The molecule has 0 saturated heterocycles. The molecule has 6 aromatic rings. The fraction of sp³-hybridized carbons (Fsp3) is 0. The number of thiocarbonyl (C=S) groups is 2. The van der Waals surface area contributed by atoms with E-state index in [0.717, 1.165) is 0 Å². The summed E-state index contributed by atoms with van der Waals surface area (Å²) < 4.78 is 11.0. The van der Waals surface area contributed by atoms with Crippen LogP contribution in [0.25, 0.3) is 57.2 Å². The van der Waals surface area contributed by atoms with E-state index in [4.69, 9.17) is 19.7 Å². The number of hydrogen-bond donors (Lipinski definition) is 0. The molecule has 0 N–H and O–H groups in total. The molecule has 0 unspecified atom stereocenters. The van der Waals surface area contributed by atoms with Gasteiger partial charge in [-0.3, -0.25) is 19.9 Å². The third-order valence-corrected chi connectivity index (χ3v) is 4.39. The van der Waals surface area contributed by atoms with Crippen LogP contribution in [0.3, 0.4) is 0 Å². The SMILES string of the molecule is [Fe+2].[N-]=C=S.[N-]=C=S.c1ccc(-c2nnc(-c3ccccn3)o2)nc1.c1ccc(-c2nnc(-c3ccccn3)o2)nc1. The summed E-state index contributed by atoms with van der Waals surface area (Å²) in [6.45, 7) is 0. The maximum absolute atomic E-state index is 7.13. The van der Waals surface area contributed by atoms with Crippen molar-refractivity contribution in [2.45, 2.75) is 0 Å². The zero-order valence-electron chi connectivity index (χ0n) is 20.7. The molecule has 15 heteroatoms. The second-order valence-corrected chi connectivity index (χ2v) is 7.23. The van der Waals surface area contributed by atoms with Gasteiger partial charge in [0.15, 0.2) is 0 Å². The minimum atomic E-state index is 0. The van der Waals surface area contributed by atoms with Gasteiger partial charge in [-0.05, 0) is 48.5 Å². The van der Waals surface area contributed by atoms with Crippen molar-refractivity contribution in [2.24, 2.45) is 0 Å². The van der Waals surface area contributed by atoms with E-state index >= 15 is 0 Å². The molecule has 6 aromatic heterocycles. The number of isothiocyanates is 2. The van der Waals surface area contributed by atoms with E-state index in [0.29, 0.717) is 46.3 Å². The molecule has 6 heterocycles. The Bertz CT molecular complexity index is 1410. The van der Waals surface area contributed by atoms with Gasteiger partial charge in [-0.2, -0.15) is 10.3 Å². The fourth-order valence-electron chi connectivity index (χ4n) is 2.82. The Hall–Kier alpha value is -5.00. The van der Waals surface area contributed by atoms with Crippen LogP contribution in [-0.4, -0.2) is 50.7 Å². The third kappa shape index (κ3) is 10.2. The largest absolute Gasteiger partial charge is 2.00 e. The molecule has 0 amide bonds. The summed E-state index contributed by atoms with van der Waals surface area (Å²) >= 11 is 7.40. The van der Waals surface area contributed by atoms with Crippen molar-refractivity contribution in [3.05, 3.63) is 108 Å². The quantitative estimate of drug-likeness (QED) is 0.134. The summed E-state index contributed by atoms with van der Waals surface area (Å²) in [7, 11) is 0. The molecule has 0 aliphatic carbocycles. The molecule has 0 radical (unpaired) electrons. The van der Waals surface area contributed by atoms with Crippen LogP contribution in [0.15, 0.2) is 106 Å². The Balaban J connectivity index is 0.000000236. The van der Waals surface area contributed by atoms with Crippen LogP contribution in [-0.2, 0) is 17.1 Å². The molecule has 0 saturated carbocycles. The molecule has 0 aromatic carbocycles. The van der Waals surface area contributed by atoms with E-state index in [-0.39, 0.29) is 17.1 Å². The third-order valence-electron chi connectivity index (χ3n) is 4.39. The van der Waals surface area contributed by atoms with Crippen molar-refractivity contribution in [1.82, 2.24) is 40.3 Å². The number of hydrogen-bond acceptors (Lipinski definition) is 12. The average molecular weight is 620 g/mol. The van der Waals surface area contributed by atoms with E-state index in [1.165, 1.54) is 10.3 Å². The van der Waals surface area contributed by atoms with Gasteiger partial charge < -0.3 is 19.7 Å². The second kappa shape index (κ2) is 18.3. The standard InChI is InChI=1S/2C12H8N4O.2CNS.Fe/c2*1-3-7-13-9(5-1)11-15-16-12(17-11)10-6-2-4-8-14-10;2*2-1-3;/h2*1-8H;;;/q;;2*-1;+2. The van der Waals surface area contributed by atoms with E-state index in [1.807, 2.05) is 72.8 Å². The summed E-state index contributed by atoms with van der Waals surface area (Å²) in [5.74, 6) is 1.58. The van der Waals surface area contributed by atoms with E-state index in [2.05, 4.69) is 64.8 Å². The number of nitrogens with zero attached hydrogens (tertiary/aromatic N) is 10. The van der Waals surface area contributed by atoms with Crippen LogP contribution in [0.4, 0.5) is 0 Å². The number of pyridine rings is 4. The van der Waals surface area contributed by atoms with Gasteiger partial charge in [0, 0.05) is 24.8 Å². The van der Waals surface area contributed by atoms with Gasteiger partial charge in [0.2, 0.25) is 0 Å². The monoisotopic (exact) mass is 620 g/mol. The van der Waals surface area contributed by atoms with E-state index in [1.54, 1.807) is 24.8 Å². The number of rotatable bonds is 4. The molecule has 0 atom stereocenters. The minimum Gasteiger partial charge on any atom is -0.753 e. The maximum Gasteiger partial charge on any atom is 2.00 e. The molecule has 6 rings (SSSR count). The Labute approximate surface area is 254 Å². The van der Waals surface area contributed by atoms with Crippen molar-refractivity contribution in [2.75, 3.05) is 0 Å². The molecule has 0 spiro atoms. The van der Waals surface area contributed by atoms with E-state index < -0.39 is 0 Å². The molecule has 0 aliphatic rings. The smallest absolute Gasteiger partial charge is 0.753 e. The van der Waals surface area contributed by atoms with Crippen LogP contribution < -0.4 is 0 Å². The Morgan fingerprint density at radius 2 is 0.683 bits per heavy atom.